The van der Waals surface area contributed by atoms with Gasteiger partial charge in [0.2, 0.25) is 0 Å². The van der Waals surface area contributed by atoms with Gasteiger partial charge in [-0.3, -0.25) is 4.79 Å². The number of carbonyl (C=O) groups excluding carboxylic acids is 1. The van der Waals surface area contributed by atoms with Gasteiger partial charge in [-0.1, -0.05) is 0 Å². The summed E-state index contributed by atoms with van der Waals surface area (Å²) < 4.78 is 54.4. The second-order valence-electron chi connectivity index (χ2n) is 6.65. The molecule has 1 saturated heterocycles. The lowest BCUT2D eigenvalue weighted by atomic mass is 10.1. The van der Waals surface area contributed by atoms with Crippen LogP contribution in [0, 0.1) is 23.3 Å². The van der Waals surface area contributed by atoms with E-state index >= 15 is 0 Å². The maximum absolute atomic E-state index is 13.9. The number of hydrogen-bond donors (Lipinski definition) is 2. The molecule has 3 rings (SSSR count). The van der Waals surface area contributed by atoms with E-state index in [2.05, 4.69) is 15.5 Å². The van der Waals surface area contributed by atoms with E-state index in [1.165, 1.54) is 12.1 Å². The highest BCUT2D eigenvalue weighted by molar-refractivity contribution is 6.04. The van der Waals surface area contributed by atoms with E-state index in [1.807, 2.05) is 7.05 Å². The van der Waals surface area contributed by atoms with Gasteiger partial charge in [-0.05, 0) is 51.2 Å². The summed E-state index contributed by atoms with van der Waals surface area (Å²) >= 11 is 0. The first-order valence-corrected chi connectivity index (χ1v) is 8.53. The maximum Gasteiger partial charge on any atom is 0.261 e. The van der Waals surface area contributed by atoms with Crippen molar-refractivity contribution in [1.29, 1.82) is 0 Å². The monoisotopic (exact) mass is 417 g/mol. The summed E-state index contributed by atoms with van der Waals surface area (Å²) in [5.74, 6) is -5.52. The van der Waals surface area contributed by atoms with Gasteiger partial charge >= 0.3 is 0 Å². The molecule has 1 heterocycles. The molecule has 1 aliphatic heterocycles. The van der Waals surface area contributed by atoms with Crippen molar-refractivity contribution in [2.75, 3.05) is 30.8 Å². The molecule has 4 nitrogen and oxygen atoms in total. The van der Waals surface area contributed by atoms with Crippen molar-refractivity contribution in [2.45, 2.75) is 18.9 Å². The summed E-state index contributed by atoms with van der Waals surface area (Å²) in [5, 5.41) is 5.47. The minimum atomic E-state index is -1.33. The highest BCUT2D eigenvalue weighted by Crippen LogP contribution is 2.23. The van der Waals surface area contributed by atoms with Gasteiger partial charge in [0.05, 0.1) is 0 Å². The molecular weight excluding hydrogens is 398 g/mol. The smallest absolute Gasteiger partial charge is 0.261 e. The summed E-state index contributed by atoms with van der Waals surface area (Å²) in [5.41, 5.74) is -0.427. The largest absolute Gasteiger partial charge is 0.382 e. The molecule has 1 amide bonds. The number of benzene rings is 2. The van der Waals surface area contributed by atoms with Crippen molar-refractivity contribution in [3.05, 3.63) is 59.2 Å². The fourth-order valence-corrected chi connectivity index (χ4v) is 3.09. The van der Waals surface area contributed by atoms with E-state index in [4.69, 9.17) is 0 Å². The van der Waals surface area contributed by atoms with Crippen molar-refractivity contribution in [3.63, 3.8) is 0 Å². The van der Waals surface area contributed by atoms with Crippen LogP contribution >= 0.6 is 12.4 Å². The van der Waals surface area contributed by atoms with Crippen LogP contribution in [0.3, 0.4) is 0 Å². The van der Waals surface area contributed by atoms with Crippen molar-refractivity contribution < 1.29 is 22.4 Å². The fraction of sp³-hybridized carbons (Fsp3) is 0.316. The quantitative estimate of drug-likeness (QED) is 0.724. The molecule has 28 heavy (non-hydrogen) atoms. The third-order valence-electron chi connectivity index (χ3n) is 4.48. The average Bonchev–Trinajstić information content (AvgIpc) is 2.55. The molecule has 0 aliphatic carbocycles. The van der Waals surface area contributed by atoms with Crippen LogP contribution in [0.15, 0.2) is 30.3 Å². The molecule has 0 saturated carbocycles. The van der Waals surface area contributed by atoms with Crippen LogP contribution in [0.2, 0.25) is 0 Å². The second kappa shape index (κ2) is 9.25. The van der Waals surface area contributed by atoms with E-state index in [0.717, 1.165) is 32.0 Å². The number of carbonyl (C=O) groups is 1. The molecule has 1 fully saturated rings. The molecule has 152 valence electrons. The van der Waals surface area contributed by atoms with Gasteiger partial charge in [0.25, 0.3) is 5.91 Å². The number of piperidine rings is 1. The Kier molecular flexibility index (Phi) is 7.26. The molecule has 0 radical (unpaired) electrons. The topological polar surface area (TPSA) is 44.4 Å². The first kappa shape index (κ1) is 22.0. The number of hydrogen-bond acceptors (Lipinski definition) is 3. The van der Waals surface area contributed by atoms with Crippen LogP contribution in [-0.2, 0) is 0 Å². The number of halogens is 5. The molecule has 0 atom stereocenters. The normalized spacial score (nSPS) is 15.0. The van der Waals surface area contributed by atoms with Gasteiger partial charge in [-0.15, -0.1) is 12.4 Å². The molecule has 2 N–H and O–H groups in total. The summed E-state index contributed by atoms with van der Waals surface area (Å²) in [7, 11) is 2.03. The minimum Gasteiger partial charge on any atom is -0.382 e. The average molecular weight is 418 g/mol. The molecule has 1 aliphatic rings. The van der Waals surface area contributed by atoms with Crippen LogP contribution in [-0.4, -0.2) is 37.0 Å². The summed E-state index contributed by atoms with van der Waals surface area (Å²) in [4.78, 5) is 14.3. The van der Waals surface area contributed by atoms with E-state index in [1.54, 1.807) is 0 Å². The molecule has 0 unspecified atom stereocenters. The van der Waals surface area contributed by atoms with Crippen LogP contribution < -0.4 is 10.6 Å². The third-order valence-corrected chi connectivity index (χ3v) is 4.48. The first-order valence-electron chi connectivity index (χ1n) is 8.53. The zero-order valence-corrected chi connectivity index (χ0v) is 15.9. The zero-order valence-electron chi connectivity index (χ0n) is 15.1. The Morgan fingerprint density at radius 1 is 0.929 bits per heavy atom. The zero-order chi connectivity index (χ0) is 19.6. The Balaban J connectivity index is 0.00000280. The Bertz CT molecular complexity index is 834. The molecule has 9 heteroatoms. The number of anilines is 2. The summed E-state index contributed by atoms with van der Waals surface area (Å²) in [6.45, 7) is 1.83. The molecule has 2 aromatic carbocycles. The molecular formula is C19H20ClF4N3O. The van der Waals surface area contributed by atoms with Crippen molar-refractivity contribution in [2.24, 2.45) is 0 Å². The van der Waals surface area contributed by atoms with Gasteiger partial charge in [-0.25, -0.2) is 17.6 Å². The van der Waals surface area contributed by atoms with Crippen molar-refractivity contribution in [3.8, 4) is 0 Å². The summed E-state index contributed by atoms with van der Waals surface area (Å²) in [6.07, 6.45) is 1.78. The predicted molar refractivity (Wildman–Crippen MR) is 102 cm³/mol. The molecule has 0 spiro atoms. The van der Waals surface area contributed by atoms with E-state index in [-0.39, 0.29) is 24.1 Å². The number of rotatable bonds is 4. The van der Waals surface area contributed by atoms with Gasteiger partial charge in [-0.2, -0.15) is 0 Å². The van der Waals surface area contributed by atoms with Crippen molar-refractivity contribution >= 4 is 29.7 Å². The van der Waals surface area contributed by atoms with E-state index in [9.17, 15) is 22.4 Å². The maximum atomic E-state index is 13.9. The number of amides is 1. The fourth-order valence-electron chi connectivity index (χ4n) is 3.09. The molecule has 2 aromatic rings. The van der Waals surface area contributed by atoms with Crippen LogP contribution in [0.25, 0.3) is 0 Å². The molecule has 0 aromatic heterocycles. The highest BCUT2D eigenvalue weighted by atomic mass is 35.5. The highest BCUT2D eigenvalue weighted by Gasteiger charge is 2.20. The number of nitrogens with one attached hydrogen (secondary N) is 2. The molecule has 0 bridgehead atoms. The SMILES string of the molecule is CN1CCC(Nc2cc(F)cc(NC(=O)c3c(F)cc(F)cc3F)c2)CC1.Cl. The Labute approximate surface area is 166 Å². The Morgan fingerprint density at radius 2 is 1.46 bits per heavy atom. The van der Waals surface area contributed by atoms with Crippen LogP contribution in [0.5, 0.6) is 0 Å². The predicted octanol–water partition coefficient (Wildman–Crippen LogP) is 4.42. The number of likely N-dealkylation sites (tertiary alicyclic amines) is 1. The van der Waals surface area contributed by atoms with Gasteiger partial charge in [0.15, 0.2) is 0 Å². The Morgan fingerprint density at radius 3 is 2.07 bits per heavy atom. The third kappa shape index (κ3) is 5.36. The lowest BCUT2D eigenvalue weighted by Gasteiger charge is -2.30. The standard InChI is InChI=1S/C19H19F4N3O.ClH/c1-26-4-2-13(3-5-26)24-14-6-11(20)7-15(10-14)25-19(27)18-16(22)8-12(21)9-17(18)23;/h6-10,13,24H,2-5H2,1H3,(H,25,27);1H. The lowest BCUT2D eigenvalue weighted by Crippen LogP contribution is -2.36. The van der Waals surface area contributed by atoms with Gasteiger partial charge < -0.3 is 15.5 Å². The Hall–Kier alpha value is -2.32. The summed E-state index contributed by atoms with van der Waals surface area (Å²) in [6, 6.07) is 4.80. The van der Waals surface area contributed by atoms with Crippen LogP contribution in [0.1, 0.15) is 23.2 Å². The van der Waals surface area contributed by atoms with E-state index in [0.29, 0.717) is 17.8 Å². The van der Waals surface area contributed by atoms with Crippen molar-refractivity contribution in [1.82, 2.24) is 4.90 Å². The first-order chi connectivity index (χ1) is 12.8. The lowest BCUT2D eigenvalue weighted by molar-refractivity contribution is 0.101. The minimum absolute atomic E-state index is 0. The van der Waals surface area contributed by atoms with E-state index < -0.39 is 34.7 Å². The van der Waals surface area contributed by atoms with Gasteiger partial charge in [0, 0.05) is 29.5 Å². The second-order valence-corrected chi connectivity index (χ2v) is 6.65. The van der Waals surface area contributed by atoms with Crippen LogP contribution in [0.4, 0.5) is 28.9 Å². The number of nitrogens with zero attached hydrogens (tertiary/aromatic N) is 1. The van der Waals surface area contributed by atoms with Gasteiger partial charge in [0.1, 0.15) is 28.8 Å².